The lowest BCUT2D eigenvalue weighted by molar-refractivity contribution is -0.386. The van der Waals surface area contributed by atoms with Crippen LogP contribution in [0.4, 0.5) is 5.69 Å². The van der Waals surface area contributed by atoms with Crippen molar-refractivity contribution >= 4 is 15.7 Å². The van der Waals surface area contributed by atoms with Crippen LogP contribution in [0.5, 0.6) is 17.2 Å². The molecule has 0 fully saturated rings. The zero-order valence-corrected chi connectivity index (χ0v) is 14.9. The second kappa shape index (κ2) is 6.81. The second-order valence-electron chi connectivity index (χ2n) is 5.54. The van der Waals surface area contributed by atoms with Crippen LogP contribution in [0.25, 0.3) is 0 Å². The van der Waals surface area contributed by atoms with Crippen LogP contribution in [0.2, 0.25) is 0 Å². The van der Waals surface area contributed by atoms with E-state index in [9.17, 15) is 18.5 Å². The third-order valence-corrected chi connectivity index (χ3v) is 5.70. The average Bonchev–Trinajstić information content (AvgIpc) is 3.08. The molecule has 0 radical (unpaired) electrons. The lowest BCUT2D eigenvalue weighted by atomic mass is 10.2. The van der Waals surface area contributed by atoms with Crippen LogP contribution in [0.15, 0.2) is 41.3 Å². The molecule has 10 heteroatoms. The van der Waals surface area contributed by atoms with Crippen LogP contribution in [-0.4, -0.2) is 38.6 Å². The van der Waals surface area contributed by atoms with Gasteiger partial charge < -0.3 is 14.2 Å². The van der Waals surface area contributed by atoms with Crippen molar-refractivity contribution in [2.45, 2.75) is 11.4 Å². The maximum absolute atomic E-state index is 12.8. The molecule has 1 aliphatic heterocycles. The Morgan fingerprint density at radius 2 is 1.92 bits per heavy atom. The largest absolute Gasteiger partial charge is 0.490 e. The maximum Gasteiger partial charge on any atom is 0.312 e. The average molecular weight is 380 g/mol. The van der Waals surface area contributed by atoms with Gasteiger partial charge in [-0.3, -0.25) is 10.1 Å². The van der Waals surface area contributed by atoms with E-state index in [1.807, 2.05) is 0 Å². The van der Waals surface area contributed by atoms with Gasteiger partial charge in [0.15, 0.2) is 17.2 Å². The minimum Gasteiger partial charge on any atom is -0.490 e. The first-order chi connectivity index (χ1) is 12.3. The van der Waals surface area contributed by atoms with E-state index < -0.39 is 20.6 Å². The molecule has 0 saturated carbocycles. The van der Waals surface area contributed by atoms with E-state index in [1.54, 1.807) is 18.2 Å². The first-order valence-corrected chi connectivity index (χ1v) is 8.94. The highest BCUT2D eigenvalue weighted by molar-refractivity contribution is 7.89. The van der Waals surface area contributed by atoms with Gasteiger partial charge in [-0.25, -0.2) is 8.42 Å². The summed E-state index contributed by atoms with van der Waals surface area (Å²) in [6.07, 6.45) is 0. The number of ether oxygens (including phenoxy) is 3. The molecule has 26 heavy (non-hydrogen) atoms. The zero-order valence-electron chi connectivity index (χ0n) is 14.0. The van der Waals surface area contributed by atoms with E-state index in [2.05, 4.69) is 0 Å². The normalized spacial score (nSPS) is 13.0. The molecule has 138 valence electrons. The first kappa shape index (κ1) is 18.0. The van der Waals surface area contributed by atoms with E-state index in [0.717, 1.165) is 10.4 Å². The molecule has 2 aromatic rings. The molecule has 0 spiro atoms. The number of fused-ring (bicyclic) bond motifs is 1. The highest BCUT2D eigenvalue weighted by Crippen LogP contribution is 2.34. The lowest BCUT2D eigenvalue weighted by Gasteiger charge is -2.17. The van der Waals surface area contributed by atoms with Crippen LogP contribution in [0.3, 0.4) is 0 Å². The molecule has 0 aromatic heterocycles. The van der Waals surface area contributed by atoms with Gasteiger partial charge in [-0.05, 0) is 29.8 Å². The fourth-order valence-electron chi connectivity index (χ4n) is 2.53. The van der Waals surface area contributed by atoms with E-state index in [4.69, 9.17) is 14.2 Å². The van der Waals surface area contributed by atoms with E-state index >= 15 is 0 Å². The van der Waals surface area contributed by atoms with Gasteiger partial charge in [-0.2, -0.15) is 4.31 Å². The Bertz CT molecular complexity index is 959. The van der Waals surface area contributed by atoms with Gasteiger partial charge in [-0.1, -0.05) is 6.07 Å². The van der Waals surface area contributed by atoms with Gasteiger partial charge in [0, 0.05) is 19.7 Å². The van der Waals surface area contributed by atoms with Gasteiger partial charge in [0.2, 0.25) is 16.8 Å². The van der Waals surface area contributed by atoms with Crippen molar-refractivity contribution in [3.8, 4) is 17.2 Å². The summed E-state index contributed by atoms with van der Waals surface area (Å²) >= 11 is 0. The highest BCUT2D eigenvalue weighted by atomic mass is 32.2. The Balaban J connectivity index is 1.87. The third kappa shape index (κ3) is 3.28. The molecule has 2 aromatic carbocycles. The van der Waals surface area contributed by atoms with Crippen LogP contribution in [0.1, 0.15) is 5.56 Å². The summed E-state index contributed by atoms with van der Waals surface area (Å²) in [6.45, 7) is 0.196. The number of hydrogen-bond donors (Lipinski definition) is 0. The molecular formula is C16H16N2O7S. The van der Waals surface area contributed by atoms with Crippen LogP contribution >= 0.6 is 0 Å². The van der Waals surface area contributed by atoms with Crippen molar-refractivity contribution in [3.63, 3.8) is 0 Å². The number of methoxy groups -OCH3 is 1. The number of nitrogens with zero attached hydrogens (tertiary/aromatic N) is 2. The summed E-state index contributed by atoms with van der Waals surface area (Å²) in [4.78, 5) is 10.2. The van der Waals surface area contributed by atoms with Gasteiger partial charge in [0.1, 0.15) is 0 Å². The monoisotopic (exact) mass is 380 g/mol. The summed E-state index contributed by atoms with van der Waals surface area (Å²) in [5.74, 6) is 1.14. The van der Waals surface area contributed by atoms with Crippen molar-refractivity contribution in [2.24, 2.45) is 0 Å². The molecule has 3 rings (SSSR count). The van der Waals surface area contributed by atoms with Crippen molar-refractivity contribution in [2.75, 3.05) is 21.0 Å². The number of benzene rings is 2. The molecule has 0 aliphatic carbocycles. The van der Waals surface area contributed by atoms with Crippen LogP contribution in [0, 0.1) is 10.1 Å². The minimum atomic E-state index is -3.93. The number of nitro benzene ring substituents is 1. The number of hydrogen-bond acceptors (Lipinski definition) is 7. The smallest absolute Gasteiger partial charge is 0.312 e. The van der Waals surface area contributed by atoms with E-state index in [1.165, 1.54) is 26.3 Å². The maximum atomic E-state index is 12.8. The van der Waals surface area contributed by atoms with Crippen molar-refractivity contribution < 1.29 is 27.6 Å². The Kier molecular flexibility index (Phi) is 4.70. The predicted molar refractivity (Wildman–Crippen MR) is 90.9 cm³/mol. The summed E-state index contributed by atoms with van der Waals surface area (Å²) in [5, 5.41) is 11.1. The molecular weight excluding hydrogens is 364 g/mol. The van der Waals surface area contributed by atoms with Gasteiger partial charge in [-0.15, -0.1) is 0 Å². The minimum absolute atomic E-state index is 0.00706. The molecule has 1 aliphatic rings. The molecule has 0 amide bonds. The van der Waals surface area contributed by atoms with Gasteiger partial charge in [0.05, 0.1) is 16.9 Å². The molecule has 9 nitrogen and oxygen atoms in total. The highest BCUT2D eigenvalue weighted by Gasteiger charge is 2.26. The molecule has 0 N–H and O–H groups in total. The van der Waals surface area contributed by atoms with E-state index in [-0.39, 0.29) is 24.0 Å². The zero-order chi connectivity index (χ0) is 18.9. The van der Waals surface area contributed by atoms with Crippen molar-refractivity contribution in [1.29, 1.82) is 0 Å². The number of sulfonamides is 1. The summed E-state index contributed by atoms with van der Waals surface area (Å²) in [6, 6.07) is 8.66. The number of rotatable bonds is 6. The predicted octanol–water partition coefficient (Wildman–Crippen LogP) is 2.15. The Morgan fingerprint density at radius 1 is 1.19 bits per heavy atom. The summed E-state index contributed by atoms with van der Waals surface area (Å²) < 4.78 is 42.0. The van der Waals surface area contributed by atoms with Crippen molar-refractivity contribution in [3.05, 3.63) is 52.1 Å². The van der Waals surface area contributed by atoms with Gasteiger partial charge in [0.25, 0.3) is 0 Å². The number of nitro groups is 1. The quantitative estimate of drug-likeness (QED) is 0.558. The van der Waals surface area contributed by atoms with E-state index in [0.29, 0.717) is 17.1 Å². The Labute approximate surface area is 149 Å². The fourth-order valence-corrected chi connectivity index (χ4v) is 3.71. The molecule has 0 atom stereocenters. The van der Waals surface area contributed by atoms with Gasteiger partial charge >= 0.3 is 5.69 Å². The Hall–Kier alpha value is -2.85. The SMILES string of the molecule is COc1ccc(S(=O)(=O)N(C)Cc2ccc3c(c2)OCO3)cc1[N+](=O)[O-]. The van der Waals surface area contributed by atoms with Crippen LogP contribution in [-0.2, 0) is 16.6 Å². The van der Waals surface area contributed by atoms with Crippen molar-refractivity contribution in [1.82, 2.24) is 4.31 Å². The van der Waals surface area contributed by atoms with Crippen LogP contribution < -0.4 is 14.2 Å². The summed E-state index contributed by atoms with van der Waals surface area (Å²) in [7, 11) is -1.25. The standard InChI is InChI=1S/C16H16N2O7S/c1-17(9-11-3-5-15-16(7-11)25-10-24-15)26(21,22)12-4-6-14(23-2)13(8-12)18(19)20/h3-8H,9-10H2,1-2H3. The fraction of sp³-hybridized carbons (Fsp3) is 0.250. The lowest BCUT2D eigenvalue weighted by Crippen LogP contribution is -2.26. The summed E-state index contributed by atoms with van der Waals surface area (Å²) in [5.41, 5.74) is 0.286. The first-order valence-electron chi connectivity index (χ1n) is 7.50. The second-order valence-corrected chi connectivity index (χ2v) is 7.58. The third-order valence-electron chi connectivity index (χ3n) is 3.90. The molecule has 0 saturated heterocycles. The molecule has 0 unspecified atom stereocenters. The molecule has 1 heterocycles. The topological polar surface area (TPSA) is 108 Å². The molecule has 0 bridgehead atoms. The Morgan fingerprint density at radius 3 is 2.62 bits per heavy atom.